The molecule has 0 N–H and O–H groups in total. The maximum atomic E-state index is 11.3. The lowest BCUT2D eigenvalue weighted by Crippen LogP contribution is -2.05. The zero-order valence-electron chi connectivity index (χ0n) is 12.1. The summed E-state index contributed by atoms with van der Waals surface area (Å²) in [6.07, 6.45) is 13.6. The third kappa shape index (κ3) is 15.1. The summed E-state index contributed by atoms with van der Waals surface area (Å²) in [6, 6.07) is 0. The van der Waals surface area contributed by atoms with Crippen LogP contribution < -0.4 is 0 Å². The van der Waals surface area contributed by atoms with Crippen molar-refractivity contribution < 1.29 is 14.3 Å². The minimum Gasteiger partial charge on any atom is -0.466 e. The van der Waals surface area contributed by atoms with E-state index in [1.54, 1.807) is 0 Å². The summed E-state index contributed by atoms with van der Waals surface area (Å²) in [7, 11) is 0. The Balaban J connectivity index is 3.12. The molecule has 110 valence electrons. The molecule has 0 aromatic carbocycles. The van der Waals surface area contributed by atoms with E-state index < -0.39 is 0 Å². The van der Waals surface area contributed by atoms with Crippen LogP contribution in [0.25, 0.3) is 0 Å². The standard InChI is InChI=1S/C16H28O3/c1-2-3-4-5-6-7-8-12-15-19-16(18)13-10-9-11-14-17/h1-13,15H2. The van der Waals surface area contributed by atoms with Gasteiger partial charge in [0, 0.05) is 12.8 Å². The van der Waals surface area contributed by atoms with Crippen molar-refractivity contribution >= 4 is 12.3 Å². The first-order valence-electron chi connectivity index (χ1n) is 7.61. The predicted molar refractivity (Wildman–Crippen MR) is 77.4 cm³/mol. The summed E-state index contributed by atoms with van der Waals surface area (Å²) in [5.74, 6) is -0.138. The van der Waals surface area contributed by atoms with Crippen molar-refractivity contribution in [3.63, 3.8) is 0 Å². The normalized spacial score (nSPS) is 10.4. The highest BCUT2D eigenvalue weighted by molar-refractivity contribution is 5.69. The molecular formula is C16H28O3. The second-order valence-electron chi connectivity index (χ2n) is 4.90. The number of hydrogen-bond acceptors (Lipinski definition) is 3. The highest BCUT2D eigenvalue weighted by Crippen LogP contribution is 2.08. The van der Waals surface area contributed by atoms with Gasteiger partial charge in [0.15, 0.2) is 6.29 Å². The molecule has 0 rings (SSSR count). The van der Waals surface area contributed by atoms with Crippen LogP contribution in [0.1, 0.15) is 77.0 Å². The first-order valence-corrected chi connectivity index (χ1v) is 7.61. The quantitative estimate of drug-likeness (QED) is 0.351. The molecule has 0 saturated heterocycles. The van der Waals surface area contributed by atoms with E-state index in [1.165, 1.54) is 32.1 Å². The fourth-order valence-electron chi connectivity index (χ4n) is 1.89. The summed E-state index contributed by atoms with van der Waals surface area (Å²) in [6.45, 7) is 4.36. The van der Waals surface area contributed by atoms with Crippen LogP contribution in [0, 0.1) is 6.92 Å². The number of unbranched alkanes of at least 4 members (excludes halogenated alkanes) is 9. The van der Waals surface area contributed by atoms with Crippen molar-refractivity contribution in [1.29, 1.82) is 0 Å². The smallest absolute Gasteiger partial charge is 0.305 e. The molecule has 0 aliphatic heterocycles. The molecule has 0 amide bonds. The van der Waals surface area contributed by atoms with Crippen LogP contribution in [-0.4, -0.2) is 18.9 Å². The predicted octanol–water partition coefficient (Wildman–Crippen LogP) is 4.15. The van der Waals surface area contributed by atoms with Gasteiger partial charge >= 0.3 is 5.97 Å². The van der Waals surface area contributed by atoms with Crippen molar-refractivity contribution in [2.75, 3.05) is 6.61 Å². The summed E-state index contributed by atoms with van der Waals surface area (Å²) in [5, 5.41) is 0. The van der Waals surface area contributed by atoms with Gasteiger partial charge in [-0.2, -0.15) is 0 Å². The average Bonchev–Trinajstić information content (AvgIpc) is 2.42. The van der Waals surface area contributed by atoms with E-state index in [9.17, 15) is 9.59 Å². The van der Waals surface area contributed by atoms with Gasteiger partial charge in [0.25, 0.3) is 0 Å². The van der Waals surface area contributed by atoms with Gasteiger partial charge in [0.1, 0.15) is 0 Å². The molecule has 0 fully saturated rings. The molecule has 0 aliphatic carbocycles. The average molecular weight is 268 g/mol. The summed E-state index contributed by atoms with van der Waals surface area (Å²) in [5.41, 5.74) is 0. The first-order chi connectivity index (χ1) is 9.31. The number of hydrogen-bond donors (Lipinski definition) is 0. The van der Waals surface area contributed by atoms with Crippen LogP contribution in [0.4, 0.5) is 0 Å². The Bertz CT molecular complexity index is 214. The van der Waals surface area contributed by atoms with Crippen LogP contribution in [-0.2, 0) is 14.3 Å². The van der Waals surface area contributed by atoms with E-state index in [1.807, 2.05) is 6.29 Å². The Labute approximate surface area is 118 Å². The van der Waals surface area contributed by atoms with E-state index in [4.69, 9.17) is 4.74 Å². The zero-order valence-corrected chi connectivity index (χ0v) is 12.1. The van der Waals surface area contributed by atoms with E-state index in [0.29, 0.717) is 19.4 Å². The molecule has 0 aromatic heterocycles. The van der Waals surface area contributed by atoms with Gasteiger partial charge in [0.05, 0.1) is 6.61 Å². The van der Waals surface area contributed by atoms with Crippen molar-refractivity contribution in [2.45, 2.75) is 77.0 Å². The van der Waals surface area contributed by atoms with Crippen molar-refractivity contribution in [2.24, 2.45) is 0 Å². The van der Waals surface area contributed by atoms with Gasteiger partial charge in [-0.25, -0.2) is 0 Å². The van der Waals surface area contributed by atoms with Crippen molar-refractivity contribution in [3.05, 3.63) is 6.92 Å². The highest BCUT2D eigenvalue weighted by Gasteiger charge is 2.02. The molecule has 19 heavy (non-hydrogen) atoms. The van der Waals surface area contributed by atoms with Crippen LogP contribution in [0.3, 0.4) is 0 Å². The third-order valence-corrected chi connectivity index (χ3v) is 3.07. The Morgan fingerprint density at radius 1 is 0.895 bits per heavy atom. The second kappa shape index (κ2) is 15.2. The maximum absolute atomic E-state index is 11.3. The molecule has 0 unspecified atom stereocenters. The van der Waals surface area contributed by atoms with Crippen LogP contribution in [0.2, 0.25) is 0 Å². The van der Waals surface area contributed by atoms with Gasteiger partial charge in [-0.15, -0.1) is 0 Å². The minimum absolute atomic E-state index is 0.138. The third-order valence-electron chi connectivity index (χ3n) is 3.07. The molecule has 0 aliphatic rings. The Morgan fingerprint density at radius 2 is 1.53 bits per heavy atom. The fourth-order valence-corrected chi connectivity index (χ4v) is 1.89. The van der Waals surface area contributed by atoms with Crippen LogP contribution in [0.5, 0.6) is 0 Å². The van der Waals surface area contributed by atoms with Gasteiger partial charge in [0.2, 0.25) is 0 Å². The van der Waals surface area contributed by atoms with Crippen LogP contribution >= 0.6 is 0 Å². The molecule has 3 nitrogen and oxygen atoms in total. The summed E-state index contributed by atoms with van der Waals surface area (Å²) < 4.78 is 5.12. The molecule has 0 saturated carbocycles. The number of esters is 1. The largest absolute Gasteiger partial charge is 0.466 e. The van der Waals surface area contributed by atoms with Crippen molar-refractivity contribution in [3.8, 4) is 0 Å². The molecule has 0 atom stereocenters. The van der Waals surface area contributed by atoms with Crippen molar-refractivity contribution in [1.82, 2.24) is 0 Å². The topological polar surface area (TPSA) is 43.4 Å². The second-order valence-corrected chi connectivity index (χ2v) is 4.90. The molecule has 3 heteroatoms. The minimum atomic E-state index is -0.138. The molecular weight excluding hydrogens is 240 g/mol. The van der Waals surface area contributed by atoms with E-state index >= 15 is 0 Å². The SMILES string of the molecule is [CH2]CCCCCCCCCOC(=O)CCCC[C]=O. The molecule has 0 spiro atoms. The zero-order chi connectivity index (χ0) is 14.2. The lowest BCUT2D eigenvalue weighted by Gasteiger charge is -2.04. The Kier molecular flexibility index (Phi) is 14.5. The molecule has 2 radical (unpaired) electrons. The van der Waals surface area contributed by atoms with E-state index in [-0.39, 0.29) is 5.97 Å². The van der Waals surface area contributed by atoms with Gasteiger partial charge in [-0.1, -0.05) is 51.9 Å². The highest BCUT2D eigenvalue weighted by atomic mass is 16.5. The first kappa shape index (κ1) is 18.1. The molecule has 0 bridgehead atoms. The van der Waals surface area contributed by atoms with Crippen LogP contribution in [0.15, 0.2) is 0 Å². The summed E-state index contributed by atoms with van der Waals surface area (Å²) in [4.78, 5) is 21.2. The molecule has 0 heterocycles. The molecule has 0 aromatic rings. The Hall–Kier alpha value is -0.860. The number of carbonyl (C=O) groups is 1. The van der Waals surface area contributed by atoms with Gasteiger partial charge in [-0.05, 0) is 19.3 Å². The van der Waals surface area contributed by atoms with E-state index in [0.717, 1.165) is 32.1 Å². The van der Waals surface area contributed by atoms with E-state index in [2.05, 4.69) is 6.92 Å². The maximum Gasteiger partial charge on any atom is 0.305 e. The number of carbonyl (C=O) groups excluding carboxylic acids is 2. The van der Waals surface area contributed by atoms with Gasteiger partial charge in [-0.3, -0.25) is 9.59 Å². The number of rotatable bonds is 14. The lowest BCUT2D eigenvalue weighted by molar-refractivity contribution is -0.143. The summed E-state index contributed by atoms with van der Waals surface area (Å²) >= 11 is 0. The Morgan fingerprint density at radius 3 is 2.16 bits per heavy atom. The lowest BCUT2D eigenvalue weighted by atomic mass is 10.1. The van der Waals surface area contributed by atoms with Gasteiger partial charge < -0.3 is 4.74 Å². The number of ether oxygens (including phenoxy) is 1. The monoisotopic (exact) mass is 268 g/mol. The fraction of sp³-hybridized carbons (Fsp3) is 0.812.